The fraction of sp³-hybridized carbons (Fsp3) is 0.389. The average Bonchev–Trinajstić information content (AvgIpc) is 3.01. The molecule has 0 spiro atoms. The summed E-state index contributed by atoms with van der Waals surface area (Å²) in [6, 6.07) is 0. The Morgan fingerprint density at radius 2 is 2.21 bits per heavy atom. The van der Waals surface area contributed by atoms with Crippen LogP contribution in [-0.4, -0.2) is 50.0 Å². The molecule has 9 nitrogen and oxygen atoms in total. The van der Waals surface area contributed by atoms with Crippen molar-refractivity contribution >= 4 is 34.7 Å². The SMILES string of the molecule is CNC(=O)C1Cc2nn(Cc3ncc(C)c(OC)c3C)c3nc(N)nc(c23)S1. The summed E-state index contributed by atoms with van der Waals surface area (Å²) >= 11 is 1.40. The number of pyridine rings is 1. The molecule has 0 aliphatic carbocycles. The van der Waals surface area contributed by atoms with Gasteiger partial charge in [0.05, 0.1) is 35.7 Å². The van der Waals surface area contributed by atoms with Crippen molar-refractivity contribution in [2.45, 2.75) is 37.1 Å². The Balaban J connectivity index is 1.80. The van der Waals surface area contributed by atoms with E-state index in [-0.39, 0.29) is 17.1 Å². The van der Waals surface area contributed by atoms with Crippen LogP contribution in [0.15, 0.2) is 11.2 Å². The van der Waals surface area contributed by atoms with Crippen molar-refractivity contribution < 1.29 is 9.53 Å². The maximum Gasteiger partial charge on any atom is 0.233 e. The number of nitrogens with zero attached hydrogens (tertiary/aromatic N) is 5. The van der Waals surface area contributed by atoms with E-state index in [0.29, 0.717) is 23.6 Å². The van der Waals surface area contributed by atoms with E-state index in [1.807, 2.05) is 13.8 Å². The smallest absolute Gasteiger partial charge is 0.233 e. The van der Waals surface area contributed by atoms with Crippen molar-refractivity contribution in [1.82, 2.24) is 30.0 Å². The molecule has 0 fully saturated rings. The lowest BCUT2D eigenvalue weighted by Crippen LogP contribution is -2.32. The Hall–Kier alpha value is -2.88. The molecule has 28 heavy (non-hydrogen) atoms. The predicted molar refractivity (Wildman–Crippen MR) is 107 cm³/mol. The molecule has 1 aliphatic rings. The van der Waals surface area contributed by atoms with Crippen LogP contribution in [-0.2, 0) is 17.8 Å². The summed E-state index contributed by atoms with van der Waals surface area (Å²) in [5.41, 5.74) is 10.2. The van der Waals surface area contributed by atoms with Crippen molar-refractivity contribution in [1.29, 1.82) is 0 Å². The molecule has 3 N–H and O–H groups in total. The third-order valence-electron chi connectivity index (χ3n) is 4.87. The van der Waals surface area contributed by atoms with Gasteiger partial charge in [0.2, 0.25) is 11.9 Å². The maximum atomic E-state index is 12.2. The number of carbonyl (C=O) groups is 1. The number of aromatic nitrogens is 5. The first kappa shape index (κ1) is 18.5. The molecule has 4 heterocycles. The number of hydrogen-bond donors (Lipinski definition) is 2. The minimum Gasteiger partial charge on any atom is -0.496 e. The predicted octanol–water partition coefficient (Wildman–Crippen LogP) is 1.24. The largest absolute Gasteiger partial charge is 0.496 e. The number of nitrogens with one attached hydrogen (secondary N) is 1. The van der Waals surface area contributed by atoms with E-state index in [2.05, 4.69) is 20.3 Å². The number of rotatable bonds is 4. The number of anilines is 1. The van der Waals surface area contributed by atoms with Crippen LogP contribution in [0.25, 0.3) is 11.0 Å². The standard InChI is InChI=1S/C18H21N7O2S/c1-8-6-21-11(9(2)14(8)27-4)7-25-15-13-10(24-25)5-12(16(26)20-3)28-17(13)23-18(19)22-15/h6,12H,5,7H2,1-4H3,(H,20,26)(H2,19,22,23). The number of nitrogen functional groups attached to an aromatic ring is 1. The van der Waals surface area contributed by atoms with Gasteiger partial charge in [-0.2, -0.15) is 10.1 Å². The van der Waals surface area contributed by atoms with E-state index < -0.39 is 0 Å². The highest BCUT2D eigenvalue weighted by Crippen LogP contribution is 2.38. The Morgan fingerprint density at radius 3 is 2.93 bits per heavy atom. The first-order valence-corrected chi connectivity index (χ1v) is 9.71. The first-order valence-electron chi connectivity index (χ1n) is 8.83. The van der Waals surface area contributed by atoms with Crippen LogP contribution in [0, 0.1) is 13.8 Å². The van der Waals surface area contributed by atoms with Crippen LogP contribution in [0.2, 0.25) is 0 Å². The maximum absolute atomic E-state index is 12.2. The lowest BCUT2D eigenvalue weighted by molar-refractivity contribution is -0.120. The van der Waals surface area contributed by atoms with Crippen molar-refractivity contribution in [3.05, 3.63) is 28.7 Å². The molecule has 1 amide bonds. The Labute approximate surface area is 166 Å². The number of ether oxygens (including phenoxy) is 1. The molecule has 3 aromatic heterocycles. The molecular formula is C18H21N7O2S. The van der Waals surface area contributed by atoms with Crippen LogP contribution >= 0.6 is 11.8 Å². The number of amides is 1. The molecular weight excluding hydrogens is 378 g/mol. The van der Waals surface area contributed by atoms with Gasteiger partial charge in [0.25, 0.3) is 0 Å². The minimum atomic E-state index is -0.294. The molecule has 1 atom stereocenters. The summed E-state index contributed by atoms with van der Waals surface area (Å²) in [7, 11) is 3.28. The van der Waals surface area contributed by atoms with Gasteiger partial charge in [-0.15, -0.1) is 0 Å². The second-order valence-corrected chi connectivity index (χ2v) is 7.85. The molecule has 1 aliphatic heterocycles. The topological polar surface area (TPSA) is 121 Å². The molecule has 0 bridgehead atoms. The normalized spacial score (nSPS) is 15.6. The second-order valence-electron chi connectivity index (χ2n) is 6.66. The number of thioether (sulfide) groups is 1. The number of nitrogens with two attached hydrogens (primary N) is 1. The number of hydrogen-bond acceptors (Lipinski definition) is 8. The van der Waals surface area contributed by atoms with Crippen molar-refractivity contribution in [3.8, 4) is 5.75 Å². The molecule has 3 aromatic rings. The van der Waals surface area contributed by atoms with Crippen LogP contribution in [0.5, 0.6) is 5.75 Å². The van der Waals surface area contributed by atoms with Gasteiger partial charge in [-0.05, 0) is 13.8 Å². The average molecular weight is 399 g/mol. The molecule has 0 aromatic carbocycles. The van der Waals surface area contributed by atoms with Crippen molar-refractivity contribution in [3.63, 3.8) is 0 Å². The lowest BCUT2D eigenvalue weighted by atomic mass is 10.1. The van der Waals surface area contributed by atoms with Gasteiger partial charge in [-0.3, -0.25) is 9.78 Å². The summed E-state index contributed by atoms with van der Waals surface area (Å²) in [6.45, 7) is 4.36. The third-order valence-corrected chi connectivity index (χ3v) is 6.05. The third kappa shape index (κ3) is 2.93. The monoisotopic (exact) mass is 399 g/mol. The molecule has 4 rings (SSSR count). The highest BCUT2D eigenvalue weighted by Gasteiger charge is 2.31. The zero-order chi connectivity index (χ0) is 20.0. The van der Waals surface area contributed by atoms with Gasteiger partial charge < -0.3 is 15.8 Å². The van der Waals surface area contributed by atoms with Gasteiger partial charge in [0, 0.05) is 30.8 Å². The van der Waals surface area contributed by atoms with Gasteiger partial charge in [0.1, 0.15) is 10.8 Å². The minimum absolute atomic E-state index is 0.0590. The lowest BCUT2D eigenvalue weighted by Gasteiger charge is -2.18. The summed E-state index contributed by atoms with van der Waals surface area (Å²) in [5.74, 6) is 0.916. The van der Waals surface area contributed by atoms with E-state index in [0.717, 1.165) is 33.7 Å². The van der Waals surface area contributed by atoms with Crippen LogP contribution in [0.3, 0.4) is 0 Å². The number of aryl methyl sites for hydroxylation is 1. The highest BCUT2D eigenvalue weighted by molar-refractivity contribution is 8.00. The van der Waals surface area contributed by atoms with E-state index in [1.54, 1.807) is 25.0 Å². The molecule has 10 heteroatoms. The fourth-order valence-electron chi connectivity index (χ4n) is 3.50. The van der Waals surface area contributed by atoms with Gasteiger partial charge in [0.15, 0.2) is 5.65 Å². The molecule has 0 saturated heterocycles. The van der Waals surface area contributed by atoms with E-state index >= 15 is 0 Å². The van der Waals surface area contributed by atoms with Gasteiger partial charge >= 0.3 is 0 Å². The summed E-state index contributed by atoms with van der Waals surface area (Å²) in [4.78, 5) is 25.5. The van der Waals surface area contributed by atoms with Crippen LogP contribution < -0.4 is 15.8 Å². The number of methoxy groups -OCH3 is 1. The Morgan fingerprint density at radius 1 is 1.43 bits per heavy atom. The zero-order valence-electron chi connectivity index (χ0n) is 16.1. The summed E-state index contributed by atoms with van der Waals surface area (Å²) in [6.07, 6.45) is 2.30. The molecule has 1 unspecified atom stereocenters. The highest BCUT2D eigenvalue weighted by atomic mass is 32.2. The zero-order valence-corrected chi connectivity index (χ0v) is 16.9. The fourth-order valence-corrected chi connectivity index (χ4v) is 4.71. The van der Waals surface area contributed by atoms with Gasteiger partial charge in [-0.1, -0.05) is 11.8 Å². The van der Waals surface area contributed by atoms with Gasteiger partial charge in [-0.25, -0.2) is 9.67 Å². The number of carbonyl (C=O) groups excluding carboxylic acids is 1. The van der Waals surface area contributed by atoms with Crippen LogP contribution in [0.1, 0.15) is 22.5 Å². The summed E-state index contributed by atoms with van der Waals surface area (Å²) < 4.78 is 7.29. The van der Waals surface area contributed by atoms with Crippen molar-refractivity contribution in [2.24, 2.45) is 0 Å². The second kappa shape index (κ2) is 6.93. The first-order chi connectivity index (χ1) is 13.4. The van der Waals surface area contributed by atoms with E-state index in [4.69, 9.17) is 15.6 Å². The van der Waals surface area contributed by atoms with Crippen LogP contribution in [0.4, 0.5) is 5.95 Å². The Bertz CT molecular complexity index is 1100. The molecule has 0 saturated carbocycles. The molecule has 0 radical (unpaired) electrons. The van der Waals surface area contributed by atoms with E-state index in [9.17, 15) is 4.79 Å². The van der Waals surface area contributed by atoms with E-state index in [1.165, 1.54) is 11.8 Å². The quantitative estimate of drug-likeness (QED) is 0.629. The summed E-state index contributed by atoms with van der Waals surface area (Å²) in [5, 5.41) is 8.67. The Kier molecular flexibility index (Phi) is 4.58. The molecule has 146 valence electrons. The van der Waals surface area contributed by atoms with Crippen molar-refractivity contribution in [2.75, 3.05) is 19.9 Å².